The van der Waals surface area contributed by atoms with Crippen molar-refractivity contribution in [3.05, 3.63) is 0 Å². The monoisotopic (exact) mass is 199 g/mol. The number of methoxy groups -OCH3 is 1. The molecule has 1 rings (SSSR count). The molecule has 0 bridgehead atoms. The highest BCUT2D eigenvalue weighted by molar-refractivity contribution is 5.72. The predicted octanol–water partition coefficient (Wildman–Crippen LogP) is 1.57. The molecule has 1 aliphatic rings. The molecular formula is C11H21NO2. The van der Waals surface area contributed by atoms with E-state index in [2.05, 4.69) is 19.2 Å². The highest BCUT2D eigenvalue weighted by Crippen LogP contribution is 2.45. The van der Waals surface area contributed by atoms with Crippen molar-refractivity contribution in [1.29, 1.82) is 0 Å². The molecule has 0 aromatic carbocycles. The summed E-state index contributed by atoms with van der Waals surface area (Å²) in [6, 6.07) is 0.749. The van der Waals surface area contributed by atoms with Crippen LogP contribution in [0.2, 0.25) is 0 Å². The Balaban J connectivity index is 2.35. The second kappa shape index (κ2) is 3.89. The van der Waals surface area contributed by atoms with E-state index in [1.165, 1.54) is 13.5 Å². The molecule has 82 valence electrons. The van der Waals surface area contributed by atoms with E-state index in [0.717, 1.165) is 0 Å². The molecule has 0 amide bonds. The first-order valence-electron chi connectivity index (χ1n) is 5.22. The summed E-state index contributed by atoms with van der Waals surface area (Å²) in [4.78, 5) is 11.3. The zero-order valence-corrected chi connectivity index (χ0v) is 9.76. The largest absolute Gasteiger partial charge is 0.469 e. The molecule has 0 aromatic rings. The fraction of sp³-hybridized carbons (Fsp3) is 0.909. The smallest absolute Gasteiger partial charge is 0.309 e. The van der Waals surface area contributed by atoms with Gasteiger partial charge < -0.3 is 10.1 Å². The van der Waals surface area contributed by atoms with Crippen molar-refractivity contribution < 1.29 is 9.53 Å². The Morgan fingerprint density at radius 1 is 1.50 bits per heavy atom. The summed E-state index contributed by atoms with van der Waals surface area (Å²) in [6.07, 6.45) is 1.20. The summed E-state index contributed by atoms with van der Waals surface area (Å²) in [6.45, 7) is 8.41. The molecule has 0 saturated heterocycles. The highest BCUT2D eigenvalue weighted by Gasteiger charge is 2.46. The van der Waals surface area contributed by atoms with Gasteiger partial charge in [-0.15, -0.1) is 0 Å². The number of carbonyl (C=O) groups is 1. The molecule has 1 saturated carbocycles. The van der Waals surface area contributed by atoms with E-state index in [1.807, 2.05) is 13.8 Å². The van der Waals surface area contributed by atoms with Crippen molar-refractivity contribution in [2.75, 3.05) is 7.11 Å². The number of ether oxygens (including phenoxy) is 1. The van der Waals surface area contributed by atoms with Crippen LogP contribution in [0.1, 0.15) is 34.1 Å². The van der Waals surface area contributed by atoms with Gasteiger partial charge in [0, 0.05) is 12.1 Å². The van der Waals surface area contributed by atoms with Crippen LogP contribution in [-0.4, -0.2) is 25.2 Å². The van der Waals surface area contributed by atoms with Gasteiger partial charge in [0.15, 0.2) is 0 Å². The summed E-state index contributed by atoms with van der Waals surface area (Å²) >= 11 is 0. The summed E-state index contributed by atoms with van der Waals surface area (Å²) in [5.41, 5.74) is 0.407. The fourth-order valence-corrected chi connectivity index (χ4v) is 1.60. The first kappa shape index (κ1) is 11.5. The average Bonchev–Trinajstić information content (AvgIpc) is 2.71. The van der Waals surface area contributed by atoms with E-state index in [1.54, 1.807) is 0 Å². The Morgan fingerprint density at radius 2 is 2.00 bits per heavy atom. The van der Waals surface area contributed by atoms with Gasteiger partial charge in [0.05, 0.1) is 13.0 Å². The molecule has 1 aliphatic carbocycles. The zero-order valence-electron chi connectivity index (χ0n) is 9.76. The molecule has 3 atom stereocenters. The highest BCUT2D eigenvalue weighted by atomic mass is 16.5. The first-order valence-corrected chi connectivity index (χ1v) is 5.22. The Hall–Kier alpha value is -0.570. The van der Waals surface area contributed by atoms with Crippen molar-refractivity contribution >= 4 is 5.97 Å². The van der Waals surface area contributed by atoms with Gasteiger partial charge in [0.25, 0.3) is 0 Å². The molecule has 1 N–H and O–H groups in total. The van der Waals surface area contributed by atoms with Crippen molar-refractivity contribution in [2.24, 2.45) is 11.3 Å². The third kappa shape index (κ3) is 2.47. The Kier molecular flexibility index (Phi) is 3.20. The van der Waals surface area contributed by atoms with Gasteiger partial charge in [0.1, 0.15) is 0 Å². The van der Waals surface area contributed by atoms with Crippen LogP contribution in [0.15, 0.2) is 0 Å². The van der Waals surface area contributed by atoms with Crippen LogP contribution >= 0.6 is 0 Å². The molecule has 0 spiro atoms. The zero-order chi connectivity index (χ0) is 10.9. The number of rotatable bonds is 4. The van der Waals surface area contributed by atoms with Gasteiger partial charge in [-0.1, -0.05) is 20.8 Å². The lowest BCUT2D eigenvalue weighted by Gasteiger charge is -2.20. The first-order chi connectivity index (χ1) is 6.38. The van der Waals surface area contributed by atoms with Gasteiger partial charge in [-0.05, 0) is 18.8 Å². The van der Waals surface area contributed by atoms with Gasteiger partial charge in [-0.2, -0.15) is 0 Å². The lowest BCUT2D eigenvalue weighted by molar-refractivity contribution is -0.145. The lowest BCUT2D eigenvalue weighted by Crippen LogP contribution is -2.39. The van der Waals surface area contributed by atoms with Crippen molar-refractivity contribution in [3.8, 4) is 0 Å². The topological polar surface area (TPSA) is 38.3 Å². The molecule has 0 aromatic heterocycles. The van der Waals surface area contributed by atoms with E-state index in [-0.39, 0.29) is 17.9 Å². The minimum atomic E-state index is -0.136. The molecule has 3 heteroatoms. The predicted molar refractivity (Wildman–Crippen MR) is 56.0 cm³/mol. The normalized spacial score (nSPS) is 27.9. The fourth-order valence-electron chi connectivity index (χ4n) is 1.60. The Morgan fingerprint density at radius 3 is 2.36 bits per heavy atom. The molecule has 1 fully saturated rings. The molecule has 0 radical (unpaired) electrons. The minimum absolute atomic E-state index is 0.0728. The van der Waals surface area contributed by atoms with E-state index in [0.29, 0.717) is 11.5 Å². The van der Waals surface area contributed by atoms with Gasteiger partial charge in [-0.3, -0.25) is 4.79 Å². The van der Waals surface area contributed by atoms with Crippen LogP contribution < -0.4 is 5.32 Å². The average molecular weight is 199 g/mol. The third-order valence-corrected chi connectivity index (χ3v) is 3.30. The van der Waals surface area contributed by atoms with Crippen LogP contribution in [0.5, 0.6) is 0 Å². The van der Waals surface area contributed by atoms with Gasteiger partial charge in [0.2, 0.25) is 0 Å². The maximum absolute atomic E-state index is 11.3. The summed E-state index contributed by atoms with van der Waals surface area (Å²) in [7, 11) is 1.44. The Labute approximate surface area is 86.2 Å². The van der Waals surface area contributed by atoms with E-state index in [4.69, 9.17) is 4.74 Å². The standard InChI is InChI=1S/C11H21NO2/c1-7(10(13)14-5)8(2)12-9-6-11(9,3)4/h7-9,12H,6H2,1-5H3. The lowest BCUT2D eigenvalue weighted by atomic mass is 10.0. The summed E-state index contributed by atoms with van der Waals surface area (Å²) < 4.78 is 4.71. The van der Waals surface area contributed by atoms with Gasteiger partial charge in [-0.25, -0.2) is 0 Å². The number of esters is 1. The molecular weight excluding hydrogens is 178 g/mol. The van der Waals surface area contributed by atoms with Crippen LogP contribution in [0.25, 0.3) is 0 Å². The maximum atomic E-state index is 11.3. The van der Waals surface area contributed by atoms with Crippen LogP contribution in [0.3, 0.4) is 0 Å². The number of carbonyl (C=O) groups excluding carboxylic acids is 1. The second-order valence-corrected chi connectivity index (χ2v) is 5.01. The molecule has 0 aliphatic heterocycles. The third-order valence-electron chi connectivity index (χ3n) is 3.30. The van der Waals surface area contributed by atoms with Crippen LogP contribution in [0.4, 0.5) is 0 Å². The molecule has 3 nitrogen and oxygen atoms in total. The maximum Gasteiger partial charge on any atom is 0.309 e. The summed E-state index contributed by atoms with van der Waals surface area (Å²) in [5, 5.41) is 3.46. The van der Waals surface area contributed by atoms with Crippen LogP contribution in [0, 0.1) is 11.3 Å². The molecule has 14 heavy (non-hydrogen) atoms. The number of nitrogens with one attached hydrogen (secondary N) is 1. The van der Waals surface area contributed by atoms with Crippen molar-refractivity contribution in [3.63, 3.8) is 0 Å². The molecule has 0 heterocycles. The van der Waals surface area contributed by atoms with Crippen LogP contribution in [-0.2, 0) is 9.53 Å². The van der Waals surface area contributed by atoms with Crippen molar-refractivity contribution in [1.82, 2.24) is 5.32 Å². The van der Waals surface area contributed by atoms with E-state index in [9.17, 15) is 4.79 Å². The van der Waals surface area contributed by atoms with E-state index >= 15 is 0 Å². The second-order valence-electron chi connectivity index (χ2n) is 5.01. The summed E-state index contributed by atoms with van der Waals surface area (Å²) in [5.74, 6) is -0.208. The quantitative estimate of drug-likeness (QED) is 0.698. The Bertz CT molecular complexity index is 225. The molecule has 3 unspecified atom stereocenters. The number of hydrogen-bond donors (Lipinski definition) is 1. The van der Waals surface area contributed by atoms with E-state index < -0.39 is 0 Å². The number of hydrogen-bond acceptors (Lipinski definition) is 3. The van der Waals surface area contributed by atoms with Crippen molar-refractivity contribution in [2.45, 2.75) is 46.2 Å². The van der Waals surface area contributed by atoms with Gasteiger partial charge >= 0.3 is 5.97 Å². The SMILES string of the molecule is COC(=O)C(C)C(C)NC1CC1(C)C. The minimum Gasteiger partial charge on any atom is -0.469 e.